The second-order valence-electron chi connectivity index (χ2n) is 4.11. The van der Waals surface area contributed by atoms with Gasteiger partial charge in [0.25, 0.3) is 0 Å². The van der Waals surface area contributed by atoms with Crippen LogP contribution in [0, 0.1) is 0 Å². The van der Waals surface area contributed by atoms with E-state index in [-0.39, 0.29) is 18.6 Å². The van der Waals surface area contributed by atoms with Gasteiger partial charge >= 0.3 is 5.97 Å². The monoisotopic (exact) mass is 247 g/mol. The first-order chi connectivity index (χ1) is 8.69. The van der Waals surface area contributed by atoms with E-state index in [2.05, 4.69) is 25.6 Å². The molecular formula is C15H21NO2. The summed E-state index contributed by atoms with van der Waals surface area (Å²) in [6.45, 7) is 9.00. The maximum absolute atomic E-state index is 11.6. The van der Waals surface area contributed by atoms with Gasteiger partial charge in [-0.1, -0.05) is 36.4 Å². The molecule has 18 heavy (non-hydrogen) atoms. The molecule has 3 nitrogen and oxygen atoms in total. The molecule has 98 valence electrons. The zero-order valence-electron chi connectivity index (χ0n) is 11.1. The highest BCUT2D eigenvalue weighted by molar-refractivity contribution is 5.71. The van der Waals surface area contributed by atoms with Crippen LogP contribution in [0.1, 0.15) is 25.5 Å². The molecule has 1 aromatic rings. The molecule has 0 aliphatic heterocycles. The van der Waals surface area contributed by atoms with Gasteiger partial charge in [-0.15, -0.1) is 6.58 Å². The van der Waals surface area contributed by atoms with Crippen LogP contribution in [0.3, 0.4) is 0 Å². The minimum absolute atomic E-state index is 0.161. The minimum Gasteiger partial charge on any atom is -0.465 e. The van der Waals surface area contributed by atoms with E-state index in [0.717, 1.165) is 0 Å². The molecule has 1 atom stereocenters. The van der Waals surface area contributed by atoms with E-state index in [1.54, 1.807) is 6.08 Å². The number of carbonyl (C=O) groups is 1. The number of carbonyl (C=O) groups excluding carboxylic acids is 1. The van der Waals surface area contributed by atoms with Gasteiger partial charge < -0.3 is 4.74 Å². The van der Waals surface area contributed by atoms with E-state index in [0.29, 0.717) is 13.2 Å². The summed E-state index contributed by atoms with van der Waals surface area (Å²) in [6.07, 6.45) is 1.80. The Morgan fingerprint density at radius 3 is 2.67 bits per heavy atom. The molecule has 0 amide bonds. The third kappa shape index (κ3) is 4.34. The smallest absolute Gasteiger partial charge is 0.320 e. The molecule has 0 spiro atoms. The third-order valence-electron chi connectivity index (χ3n) is 2.83. The first-order valence-corrected chi connectivity index (χ1v) is 6.24. The van der Waals surface area contributed by atoms with Crippen molar-refractivity contribution >= 4 is 5.97 Å². The standard InChI is InChI=1S/C15H21NO2/c1-4-11-16(12-15(17)18-5-2)13(3)14-9-7-6-8-10-14/h4,6-10,13H,1,5,11-12H2,2-3H3/t13-/m0/s1. The molecule has 0 saturated heterocycles. The van der Waals surface area contributed by atoms with Gasteiger partial charge in [0.2, 0.25) is 0 Å². The van der Waals surface area contributed by atoms with E-state index in [4.69, 9.17) is 4.74 Å². The fourth-order valence-corrected chi connectivity index (χ4v) is 1.84. The Kier molecular flexibility index (Phi) is 6.15. The molecule has 0 bridgehead atoms. The third-order valence-corrected chi connectivity index (χ3v) is 2.83. The normalized spacial score (nSPS) is 12.2. The van der Waals surface area contributed by atoms with Crippen molar-refractivity contribution in [3.05, 3.63) is 48.6 Å². The Labute approximate surface area is 109 Å². The molecule has 0 aromatic heterocycles. The fraction of sp³-hybridized carbons (Fsp3) is 0.400. The zero-order valence-corrected chi connectivity index (χ0v) is 11.1. The van der Waals surface area contributed by atoms with Gasteiger partial charge in [0, 0.05) is 12.6 Å². The first kappa shape index (κ1) is 14.5. The summed E-state index contributed by atoms with van der Waals surface area (Å²) >= 11 is 0. The van der Waals surface area contributed by atoms with Crippen LogP contribution in [-0.4, -0.2) is 30.6 Å². The van der Waals surface area contributed by atoms with E-state index in [1.807, 2.05) is 30.0 Å². The Balaban J connectivity index is 2.72. The maximum atomic E-state index is 11.6. The van der Waals surface area contributed by atoms with Crippen molar-refractivity contribution in [1.82, 2.24) is 4.90 Å². The minimum atomic E-state index is -0.192. The van der Waals surface area contributed by atoms with Crippen molar-refractivity contribution in [3.63, 3.8) is 0 Å². The summed E-state index contributed by atoms with van der Waals surface area (Å²) < 4.78 is 4.99. The van der Waals surface area contributed by atoms with Crippen LogP contribution in [0.15, 0.2) is 43.0 Å². The molecule has 1 rings (SSSR count). The Morgan fingerprint density at radius 2 is 2.11 bits per heavy atom. The van der Waals surface area contributed by atoms with Gasteiger partial charge in [-0.2, -0.15) is 0 Å². The largest absolute Gasteiger partial charge is 0.465 e. The van der Waals surface area contributed by atoms with E-state index >= 15 is 0 Å². The van der Waals surface area contributed by atoms with Crippen LogP contribution in [0.25, 0.3) is 0 Å². The highest BCUT2D eigenvalue weighted by atomic mass is 16.5. The molecule has 1 aromatic carbocycles. The molecule has 0 aliphatic rings. The van der Waals surface area contributed by atoms with Gasteiger partial charge in [-0.25, -0.2) is 0 Å². The molecular weight excluding hydrogens is 226 g/mol. The van der Waals surface area contributed by atoms with Crippen LogP contribution in [0.5, 0.6) is 0 Å². The van der Waals surface area contributed by atoms with Crippen LogP contribution in [0.4, 0.5) is 0 Å². The highest BCUT2D eigenvalue weighted by Crippen LogP contribution is 2.19. The van der Waals surface area contributed by atoms with E-state index in [1.165, 1.54) is 5.56 Å². The molecule has 0 saturated carbocycles. The lowest BCUT2D eigenvalue weighted by atomic mass is 10.1. The average molecular weight is 247 g/mol. The molecule has 0 radical (unpaired) electrons. The van der Waals surface area contributed by atoms with E-state index < -0.39 is 0 Å². The molecule has 3 heteroatoms. The SMILES string of the molecule is C=CCN(CC(=O)OCC)[C@@H](C)c1ccccc1. The van der Waals surface area contributed by atoms with Crippen LogP contribution in [-0.2, 0) is 9.53 Å². The Morgan fingerprint density at radius 1 is 1.44 bits per heavy atom. The van der Waals surface area contributed by atoms with Crippen molar-refractivity contribution in [2.45, 2.75) is 19.9 Å². The lowest BCUT2D eigenvalue weighted by molar-refractivity contribution is -0.144. The second-order valence-corrected chi connectivity index (χ2v) is 4.11. The van der Waals surface area contributed by atoms with Crippen LogP contribution < -0.4 is 0 Å². The average Bonchev–Trinajstić information content (AvgIpc) is 2.39. The Hall–Kier alpha value is -1.61. The quantitative estimate of drug-likeness (QED) is 0.548. The summed E-state index contributed by atoms with van der Waals surface area (Å²) in [5.74, 6) is -0.192. The van der Waals surface area contributed by atoms with Crippen molar-refractivity contribution in [3.8, 4) is 0 Å². The number of ether oxygens (including phenoxy) is 1. The van der Waals surface area contributed by atoms with Crippen molar-refractivity contribution in [2.75, 3.05) is 19.7 Å². The summed E-state index contributed by atoms with van der Waals surface area (Å²) in [5, 5.41) is 0. The number of benzene rings is 1. The second kappa shape index (κ2) is 7.67. The van der Waals surface area contributed by atoms with Gasteiger partial charge in [-0.05, 0) is 19.4 Å². The number of hydrogen-bond acceptors (Lipinski definition) is 3. The van der Waals surface area contributed by atoms with Crippen LogP contribution in [0.2, 0.25) is 0 Å². The lowest BCUT2D eigenvalue weighted by Gasteiger charge is -2.27. The summed E-state index contributed by atoms with van der Waals surface area (Å²) in [5.41, 5.74) is 1.18. The summed E-state index contributed by atoms with van der Waals surface area (Å²) in [4.78, 5) is 13.6. The maximum Gasteiger partial charge on any atom is 0.320 e. The van der Waals surface area contributed by atoms with Gasteiger partial charge in [0.1, 0.15) is 0 Å². The number of hydrogen-bond donors (Lipinski definition) is 0. The highest BCUT2D eigenvalue weighted by Gasteiger charge is 2.17. The van der Waals surface area contributed by atoms with Crippen molar-refractivity contribution in [2.24, 2.45) is 0 Å². The number of nitrogens with zero attached hydrogens (tertiary/aromatic N) is 1. The molecule has 0 N–H and O–H groups in total. The van der Waals surface area contributed by atoms with Crippen molar-refractivity contribution in [1.29, 1.82) is 0 Å². The Bertz CT molecular complexity index is 375. The zero-order chi connectivity index (χ0) is 13.4. The molecule has 0 fully saturated rings. The van der Waals surface area contributed by atoms with E-state index in [9.17, 15) is 4.79 Å². The summed E-state index contributed by atoms with van der Waals surface area (Å²) in [7, 11) is 0. The number of esters is 1. The van der Waals surface area contributed by atoms with Crippen LogP contribution >= 0.6 is 0 Å². The van der Waals surface area contributed by atoms with Gasteiger partial charge in [0.05, 0.1) is 13.2 Å². The number of rotatable bonds is 7. The van der Waals surface area contributed by atoms with Gasteiger partial charge in [-0.3, -0.25) is 9.69 Å². The van der Waals surface area contributed by atoms with Gasteiger partial charge in [0.15, 0.2) is 0 Å². The van der Waals surface area contributed by atoms with Crippen molar-refractivity contribution < 1.29 is 9.53 Å². The first-order valence-electron chi connectivity index (χ1n) is 6.24. The molecule has 0 heterocycles. The molecule has 0 aliphatic carbocycles. The predicted molar refractivity (Wildman–Crippen MR) is 73.3 cm³/mol. The fourth-order valence-electron chi connectivity index (χ4n) is 1.84. The lowest BCUT2D eigenvalue weighted by Crippen LogP contribution is -2.33. The summed E-state index contributed by atoms with van der Waals surface area (Å²) in [6, 6.07) is 10.3. The molecule has 0 unspecified atom stereocenters. The topological polar surface area (TPSA) is 29.5 Å². The predicted octanol–water partition coefficient (Wildman–Crippen LogP) is 2.80.